The Bertz CT molecular complexity index is 678. The number of carbonyl (C=O) groups is 1. The van der Waals surface area contributed by atoms with Crippen LogP contribution in [0.5, 0.6) is 0 Å². The molecule has 2 N–H and O–H groups in total. The summed E-state index contributed by atoms with van der Waals surface area (Å²) in [6.07, 6.45) is 0.926. The molecule has 0 unspecified atom stereocenters. The van der Waals surface area contributed by atoms with Crippen molar-refractivity contribution in [2.75, 3.05) is 18.4 Å². The predicted molar refractivity (Wildman–Crippen MR) is 83.1 cm³/mol. The Kier molecular flexibility index (Phi) is 5.60. The van der Waals surface area contributed by atoms with Crippen LogP contribution in [0.4, 0.5) is 13.9 Å². The monoisotopic (exact) mass is 364 g/mol. The van der Waals surface area contributed by atoms with Gasteiger partial charge >= 0.3 is 0 Å². The molecule has 0 radical (unpaired) electrons. The van der Waals surface area contributed by atoms with Crippen LogP contribution in [0.15, 0.2) is 12.4 Å². The Balaban J connectivity index is 0.00000192. The summed E-state index contributed by atoms with van der Waals surface area (Å²) in [7, 11) is 1.81. The minimum atomic E-state index is -2.68. The van der Waals surface area contributed by atoms with Gasteiger partial charge in [0.25, 0.3) is 6.43 Å². The molecule has 0 bridgehead atoms. The first-order chi connectivity index (χ1) is 10.5. The van der Waals surface area contributed by atoms with Gasteiger partial charge in [0.05, 0.1) is 12.1 Å². The smallest absolute Gasteiger partial charge is 0.291 e. The highest BCUT2D eigenvalue weighted by molar-refractivity contribution is 7.15. The highest BCUT2D eigenvalue weighted by Crippen LogP contribution is 2.30. The molecular weight excluding hydrogens is 350 g/mol. The molecule has 3 rings (SSSR count). The molecule has 0 aliphatic carbocycles. The molecule has 1 aliphatic rings. The number of hydrogen-bond acceptors (Lipinski definition) is 6. The van der Waals surface area contributed by atoms with E-state index in [1.54, 1.807) is 10.9 Å². The van der Waals surface area contributed by atoms with Crippen molar-refractivity contribution < 1.29 is 13.6 Å². The molecule has 23 heavy (non-hydrogen) atoms. The van der Waals surface area contributed by atoms with Crippen LogP contribution >= 0.6 is 23.7 Å². The third-order valence-corrected chi connectivity index (χ3v) is 4.41. The van der Waals surface area contributed by atoms with E-state index in [1.807, 2.05) is 13.2 Å². The van der Waals surface area contributed by atoms with Crippen LogP contribution in [0.1, 0.15) is 22.9 Å². The van der Waals surface area contributed by atoms with E-state index in [0.29, 0.717) is 24.4 Å². The van der Waals surface area contributed by atoms with Crippen LogP contribution in [0.2, 0.25) is 0 Å². The number of rotatable bonds is 4. The molecule has 7 nitrogen and oxygen atoms in total. The van der Waals surface area contributed by atoms with Crippen LogP contribution < -0.4 is 10.6 Å². The van der Waals surface area contributed by atoms with E-state index >= 15 is 0 Å². The Hall–Kier alpha value is -1.65. The van der Waals surface area contributed by atoms with Gasteiger partial charge in [0.1, 0.15) is 0 Å². The zero-order chi connectivity index (χ0) is 15.7. The van der Waals surface area contributed by atoms with E-state index < -0.39 is 11.4 Å². The minimum absolute atomic E-state index is 0. The number of aromatic nitrogens is 4. The average Bonchev–Trinajstić information content (AvgIpc) is 3.16. The van der Waals surface area contributed by atoms with Crippen molar-refractivity contribution in [1.29, 1.82) is 0 Å². The molecule has 1 amide bonds. The maximum Gasteiger partial charge on any atom is 0.291 e. The lowest BCUT2D eigenvalue weighted by atomic mass is 9.90. The molecule has 3 heterocycles. The molecule has 2 atom stereocenters. The van der Waals surface area contributed by atoms with Gasteiger partial charge in [0.15, 0.2) is 5.01 Å². The van der Waals surface area contributed by atoms with Gasteiger partial charge in [-0.05, 0) is 5.56 Å². The second kappa shape index (κ2) is 7.28. The van der Waals surface area contributed by atoms with E-state index in [9.17, 15) is 13.6 Å². The largest absolute Gasteiger partial charge is 0.315 e. The Morgan fingerprint density at radius 1 is 1.48 bits per heavy atom. The van der Waals surface area contributed by atoms with Crippen molar-refractivity contribution in [3.8, 4) is 0 Å². The lowest BCUT2D eigenvalue weighted by Crippen LogP contribution is -2.28. The number of anilines is 1. The van der Waals surface area contributed by atoms with Crippen LogP contribution in [0.3, 0.4) is 0 Å². The summed E-state index contributed by atoms with van der Waals surface area (Å²) in [6.45, 7) is 1.19. The third kappa shape index (κ3) is 3.82. The standard InChI is InChI=1S/C12H14F2N6OS.ClH/c1-20-5-6(2-16-20)7-3-15-4-8(7)10(21)17-12-19-18-11(22-12)9(13)14;/h2,5,7-9,15H,3-4H2,1H3,(H,17,19,21);1H/t7-,8+;/m1./s1. The summed E-state index contributed by atoms with van der Waals surface area (Å²) in [5.74, 6) is -0.560. The van der Waals surface area contributed by atoms with Gasteiger partial charge in [0, 0.05) is 32.3 Å². The molecule has 1 aliphatic heterocycles. The fourth-order valence-corrected chi connectivity index (χ4v) is 3.11. The van der Waals surface area contributed by atoms with Crippen LogP contribution in [-0.4, -0.2) is 39.0 Å². The topological polar surface area (TPSA) is 84.7 Å². The zero-order valence-corrected chi connectivity index (χ0v) is 13.7. The molecule has 11 heteroatoms. The van der Waals surface area contributed by atoms with Crippen LogP contribution in [0.25, 0.3) is 0 Å². The summed E-state index contributed by atoms with van der Waals surface area (Å²) < 4.78 is 26.6. The number of nitrogens with zero attached hydrogens (tertiary/aromatic N) is 4. The lowest BCUT2D eigenvalue weighted by molar-refractivity contribution is -0.119. The van der Waals surface area contributed by atoms with Gasteiger partial charge in [-0.15, -0.1) is 22.6 Å². The van der Waals surface area contributed by atoms with Crippen molar-refractivity contribution >= 4 is 34.8 Å². The van der Waals surface area contributed by atoms with Crippen LogP contribution in [-0.2, 0) is 11.8 Å². The number of hydrogen-bond donors (Lipinski definition) is 2. The Morgan fingerprint density at radius 3 is 2.87 bits per heavy atom. The van der Waals surface area contributed by atoms with Gasteiger partial charge in [-0.2, -0.15) is 5.10 Å². The molecule has 2 aromatic rings. The van der Waals surface area contributed by atoms with Gasteiger partial charge in [-0.1, -0.05) is 11.3 Å². The fraction of sp³-hybridized carbons (Fsp3) is 0.500. The summed E-state index contributed by atoms with van der Waals surface area (Å²) in [4.78, 5) is 12.4. The molecule has 0 aromatic carbocycles. The van der Waals surface area contributed by atoms with E-state index in [4.69, 9.17) is 0 Å². The van der Waals surface area contributed by atoms with Crippen molar-refractivity contribution in [3.63, 3.8) is 0 Å². The van der Waals surface area contributed by atoms with Gasteiger partial charge in [0.2, 0.25) is 11.0 Å². The predicted octanol–water partition coefficient (Wildman–Crippen LogP) is 1.57. The first-order valence-electron chi connectivity index (χ1n) is 6.66. The average molecular weight is 365 g/mol. The van der Waals surface area contributed by atoms with Crippen LogP contribution in [0, 0.1) is 5.92 Å². The highest BCUT2D eigenvalue weighted by atomic mass is 35.5. The van der Waals surface area contributed by atoms with Crippen molar-refractivity contribution in [2.24, 2.45) is 13.0 Å². The number of alkyl halides is 2. The summed E-state index contributed by atoms with van der Waals surface area (Å²) >= 11 is 0.688. The molecular formula is C12H15ClF2N6OS. The van der Waals surface area contributed by atoms with E-state index in [2.05, 4.69) is 25.9 Å². The Labute approximate surface area is 140 Å². The summed E-state index contributed by atoms with van der Waals surface area (Å²) in [6, 6.07) is 0. The van der Waals surface area contributed by atoms with Crippen molar-refractivity contribution in [3.05, 3.63) is 23.0 Å². The second-order valence-corrected chi connectivity index (χ2v) is 6.06. The number of carbonyl (C=O) groups excluding carboxylic acids is 1. The molecule has 126 valence electrons. The normalized spacial score (nSPS) is 20.5. The van der Waals surface area contributed by atoms with Crippen molar-refractivity contribution in [2.45, 2.75) is 12.3 Å². The van der Waals surface area contributed by atoms with E-state index in [1.165, 1.54) is 0 Å². The first kappa shape index (κ1) is 17.7. The minimum Gasteiger partial charge on any atom is -0.315 e. The summed E-state index contributed by atoms with van der Waals surface area (Å²) in [5, 5.41) is 16.5. The summed E-state index contributed by atoms with van der Waals surface area (Å²) in [5.41, 5.74) is 0.971. The molecule has 0 saturated carbocycles. The number of halogens is 3. The SMILES string of the molecule is Cl.Cn1cc([C@H]2CNC[C@@H]2C(=O)Nc2nnc(C(F)F)s2)cn1. The molecule has 1 fully saturated rings. The van der Waals surface area contributed by atoms with E-state index in [0.717, 1.165) is 5.56 Å². The van der Waals surface area contributed by atoms with Gasteiger partial charge in [-0.25, -0.2) is 8.78 Å². The zero-order valence-electron chi connectivity index (χ0n) is 12.1. The maximum absolute atomic E-state index is 12.5. The maximum atomic E-state index is 12.5. The lowest BCUT2D eigenvalue weighted by Gasteiger charge is -2.15. The molecule has 1 saturated heterocycles. The van der Waals surface area contributed by atoms with Crippen molar-refractivity contribution in [1.82, 2.24) is 25.3 Å². The van der Waals surface area contributed by atoms with Gasteiger partial charge in [-0.3, -0.25) is 9.48 Å². The highest BCUT2D eigenvalue weighted by Gasteiger charge is 2.35. The molecule has 0 spiro atoms. The number of nitrogens with one attached hydrogen (secondary N) is 2. The third-order valence-electron chi connectivity index (χ3n) is 3.56. The fourth-order valence-electron chi connectivity index (χ4n) is 2.51. The number of amides is 1. The first-order valence-corrected chi connectivity index (χ1v) is 7.48. The second-order valence-electron chi connectivity index (χ2n) is 5.05. The number of aryl methyl sites for hydroxylation is 1. The molecule has 2 aromatic heterocycles. The Morgan fingerprint density at radius 2 is 2.26 bits per heavy atom. The quantitative estimate of drug-likeness (QED) is 0.860. The van der Waals surface area contributed by atoms with E-state index in [-0.39, 0.29) is 35.3 Å². The van der Waals surface area contributed by atoms with Gasteiger partial charge < -0.3 is 10.6 Å².